The molecule has 1 heterocycles. The lowest BCUT2D eigenvalue weighted by Gasteiger charge is -2.20. The topological polar surface area (TPSA) is 66.5 Å². The van der Waals surface area contributed by atoms with Crippen LogP contribution in [-0.4, -0.2) is 23.7 Å². The van der Waals surface area contributed by atoms with Gasteiger partial charge in [-0.3, -0.25) is 4.79 Å². The number of ether oxygens (including phenoxy) is 1. The van der Waals surface area contributed by atoms with E-state index < -0.39 is 18.0 Å². The monoisotopic (exact) mass is 338 g/mol. The first-order valence-corrected chi connectivity index (χ1v) is 6.93. The Balaban J connectivity index is 2.11. The zero-order chi connectivity index (χ0) is 17.6. The Morgan fingerprint density at radius 2 is 1.96 bits per heavy atom. The van der Waals surface area contributed by atoms with Gasteiger partial charge >= 0.3 is 6.36 Å². The summed E-state index contributed by atoms with van der Waals surface area (Å²) in [6.45, 7) is 0.338. The molecule has 2 aromatic rings. The maximum absolute atomic E-state index is 12.5. The Morgan fingerprint density at radius 3 is 2.50 bits per heavy atom. The van der Waals surface area contributed by atoms with Gasteiger partial charge in [0.1, 0.15) is 11.5 Å². The van der Waals surface area contributed by atoms with Gasteiger partial charge in [0.15, 0.2) is 0 Å². The molecule has 24 heavy (non-hydrogen) atoms. The largest absolute Gasteiger partial charge is 0.573 e. The number of hydrogen-bond donors (Lipinski definition) is 0. The van der Waals surface area contributed by atoms with Gasteiger partial charge in [0, 0.05) is 12.1 Å². The van der Waals surface area contributed by atoms with Crippen LogP contribution in [0.15, 0.2) is 47.1 Å². The first kappa shape index (κ1) is 17.4. The number of amides is 1. The standard InChI is InChI=1S/C16H13F3N2O3/c17-16(18,19)24-13-6-4-12(5-7-13)15(22)21(9-2-8-20)11-14-3-1-10-23-14/h1,3-7,10H,2,9,11H2. The molecular weight excluding hydrogens is 325 g/mol. The summed E-state index contributed by atoms with van der Waals surface area (Å²) < 4.78 is 45.4. The van der Waals surface area contributed by atoms with Gasteiger partial charge in [0.2, 0.25) is 0 Å². The first-order chi connectivity index (χ1) is 11.4. The number of alkyl halides is 3. The highest BCUT2D eigenvalue weighted by atomic mass is 19.4. The fraction of sp³-hybridized carbons (Fsp3) is 0.250. The lowest BCUT2D eigenvalue weighted by atomic mass is 10.2. The Labute approximate surface area is 135 Å². The number of halogens is 3. The van der Waals surface area contributed by atoms with Crippen molar-refractivity contribution in [2.45, 2.75) is 19.3 Å². The Kier molecular flexibility index (Phi) is 5.47. The van der Waals surface area contributed by atoms with Crippen molar-refractivity contribution in [3.05, 3.63) is 54.0 Å². The van der Waals surface area contributed by atoms with E-state index in [2.05, 4.69) is 4.74 Å². The van der Waals surface area contributed by atoms with Crippen molar-refractivity contribution in [3.8, 4) is 11.8 Å². The number of carbonyl (C=O) groups excluding carboxylic acids is 1. The molecule has 5 nitrogen and oxygen atoms in total. The summed E-state index contributed by atoms with van der Waals surface area (Å²) in [5.41, 5.74) is 0.189. The molecule has 0 spiro atoms. The van der Waals surface area contributed by atoms with Gasteiger partial charge < -0.3 is 14.1 Å². The van der Waals surface area contributed by atoms with Gasteiger partial charge in [-0.05, 0) is 36.4 Å². The van der Waals surface area contributed by atoms with E-state index in [1.54, 1.807) is 12.1 Å². The molecule has 0 saturated heterocycles. The fourth-order valence-corrected chi connectivity index (χ4v) is 2.01. The van der Waals surface area contributed by atoms with Gasteiger partial charge in [-0.2, -0.15) is 5.26 Å². The molecule has 1 aromatic carbocycles. The van der Waals surface area contributed by atoms with Crippen LogP contribution in [0.3, 0.4) is 0 Å². The molecule has 8 heteroatoms. The van der Waals surface area contributed by atoms with Crippen molar-refractivity contribution >= 4 is 5.91 Å². The van der Waals surface area contributed by atoms with Gasteiger partial charge in [-0.1, -0.05) is 0 Å². The summed E-state index contributed by atoms with van der Waals surface area (Å²) in [6.07, 6.45) is -3.20. The number of carbonyl (C=O) groups is 1. The Bertz CT molecular complexity index is 704. The number of nitrogens with zero attached hydrogens (tertiary/aromatic N) is 2. The molecular formula is C16H13F3N2O3. The van der Waals surface area contributed by atoms with Crippen LogP contribution in [0.25, 0.3) is 0 Å². The van der Waals surface area contributed by atoms with Crippen molar-refractivity contribution in [1.82, 2.24) is 4.90 Å². The summed E-state index contributed by atoms with van der Waals surface area (Å²) in [6, 6.07) is 9.92. The molecule has 0 aliphatic carbocycles. The van der Waals surface area contributed by atoms with Gasteiger partial charge in [0.05, 0.1) is 25.3 Å². The van der Waals surface area contributed by atoms with Crippen molar-refractivity contribution in [2.24, 2.45) is 0 Å². The molecule has 0 fully saturated rings. The minimum Gasteiger partial charge on any atom is -0.467 e. The predicted molar refractivity (Wildman–Crippen MR) is 76.8 cm³/mol. The number of rotatable bonds is 6. The van der Waals surface area contributed by atoms with E-state index in [0.29, 0.717) is 5.76 Å². The molecule has 1 amide bonds. The third-order valence-electron chi connectivity index (χ3n) is 3.04. The van der Waals surface area contributed by atoms with Crippen LogP contribution >= 0.6 is 0 Å². The zero-order valence-corrected chi connectivity index (χ0v) is 12.4. The summed E-state index contributed by atoms with van der Waals surface area (Å²) in [5, 5.41) is 8.70. The first-order valence-electron chi connectivity index (χ1n) is 6.93. The molecule has 0 bridgehead atoms. The minimum absolute atomic E-state index is 0.127. The molecule has 1 aromatic heterocycles. The number of hydrogen-bond acceptors (Lipinski definition) is 4. The summed E-state index contributed by atoms with van der Waals surface area (Å²) >= 11 is 0. The summed E-state index contributed by atoms with van der Waals surface area (Å²) in [7, 11) is 0. The van der Waals surface area contributed by atoms with Crippen LogP contribution in [0, 0.1) is 11.3 Å². The lowest BCUT2D eigenvalue weighted by Crippen LogP contribution is -2.31. The van der Waals surface area contributed by atoms with Crippen LogP contribution in [-0.2, 0) is 6.54 Å². The second-order valence-corrected chi connectivity index (χ2v) is 4.79. The Hall–Kier alpha value is -2.95. The molecule has 0 aliphatic rings. The molecule has 0 aliphatic heterocycles. The number of benzene rings is 1. The fourth-order valence-electron chi connectivity index (χ4n) is 2.01. The maximum Gasteiger partial charge on any atom is 0.573 e. The van der Waals surface area contributed by atoms with Crippen molar-refractivity contribution < 1.29 is 27.1 Å². The van der Waals surface area contributed by atoms with Crippen molar-refractivity contribution in [2.75, 3.05) is 6.54 Å². The van der Waals surface area contributed by atoms with Crippen LogP contribution in [0.2, 0.25) is 0 Å². The third-order valence-corrected chi connectivity index (χ3v) is 3.04. The van der Waals surface area contributed by atoms with Crippen LogP contribution in [0.1, 0.15) is 22.5 Å². The van der Waals surface area contributed by atoms with E-state index in [1.807, 2.05) is 6.07 Å². The van der Waals surface area contributed by atoms with Crippen molar-refractivity contribution in [1.29, 1.82) is 5.26 Å². The maximum atomic E-state index is 12.5. The lowest BCUT2D eigenvalue weighted by molar-refractivity contribution is -0.274. The van der Waals surface area contributed by atoms with Gasteiger partial charge in [-0.25, -0.2) is 0 Å². The van der Waals surface area contributed by atoms with E-state index in [4.69, 9.17) is 9.68 Å². The third kappa shape index (κ3) is 5.05. The molecule has 126 valence electrons. The van der Waals surface area contributed by atoms with E-state index in [9.17, 15) is 18.0 Å². The molecule has 0 saturated carbocycles. The normalized spacial score (nSPS) is 10.9. The molecule has 0 radical (unpaired) electrons. The number of nitriles is 1. The average molecular weight is 338 g/mol. The second kappa shape index (κ2) is 7.55. The predicted octanol–water partition coefficient (Wildman–Crippen LogP) is 3.73. The van der Waals surface area contributed by atoms with Crippen molar-refractivity contribution in [3.63, 3.8) is 0 Å². The molecule has 2 rings (SSSR count). The highest BCUT2D eigenvalue weighted by molar-refractivity contribution is 5.94. The smallest absolute Gasteiger partial charge is 0.467 e. The molecule has 0 unspecified atom stereocenters. The molecule has 0 atom stereocenters. The minimum atomic E-state index is -4.79. The van der Waals surface area contributed by atoms with Gasteiger partial charge in [0.25, 0.3) is 5.91 Å². The van der Waals surface area contributed by atoms with E-state index in [-0.39, 0.29) is 25.1 Å². The second-order valence-electron chi connectivity index (χ2n) is 4.79. The summed E-state index contributed by atoms with van der Waals surface area (Å²) in [4.78, 5) is 13.9. The Morgan fingerprint density at radius 1 is 1.25 bits per heavy atom. The molecule has 0 N–H and O–H groups in total. The quantitative estimate of drug-likeness (QED) is 0.805. The number of furan rings is 1. The van der Waals surface area contributed by atoms with Crippen LogP contribution < -0.4 is 4.74 Å². The van der Waals surface area contributed by atoms with E-state index >= 15 is 0 Å². The summed E-state index contributed by atoms with van der Waals surface area (Å²) in [5.74, 6) is -0.285. The average Bonchev–Trinajstić information content (AvgIpc) is 3.03. The SMILES string of the molecule is N#CCCN(Cc1ccco1)C(=O)c1ccc(OC(F)(F)F)cc1. The van der Waals surface area contributed by atoms with E-state index in [1.165, 1.54) is 23.3 Å². The van der Waals surface area contributed by atoms with Gasteiger partial charge in [-0.15, -0.1) is 13.2 Å². The van der Waals surface area contributed by atoms with Crippen LogP contribution in [0.4, 0.5) is 13.2 Å². The zero-order valence-electron chi connectivity index (χ0n) is 12.4. The van der Waals surface area contributed by atoms with Crippen LogP contribution in [0.5, 0.6) is 5.75 Å². The van der Waals surface area contributed by atoms with E-state index in [0.717, 1.165) is 12.1 Å². The highest BCUT2D eigenvalue weighted by Crippen LogP contribution is 2.23. The highest BCUT2D eigenvalue weighted by Gasteiger charge is 2.31.